The van der Waals surface area contributed by atoms with E-state index in [-0.39, 0.29) is 0 Å². The molecule has 3 rings (SSSR count). The summed E-state index contributed by atoms with van der Waals surface area (Å²) in [6.45, 7) is 4.32. The van der Waals surface area contributed by atoms with E-state index in [1.54, 1.807) is 7.11 Å². The van der Waals surface area contributed by atoms with Gasteiger partial charge in [-0.2, -0.15) is 0 Å². The van der Waals surface area contributed by atoms with Gasteiger partial charge >= 0.3 is 0 Å². The third-order valence-electron chi connectivity index (χ3n) is 4.84. The fourth-order valence-electron chi connectivity index (χ4n) is 3.49. The lowest BCUT2D eigenvalue weighted by Gasteiger charge is -2.26. The van der Waals surface area contributed by atoms with Crippen LogP contribution in [0.3, 0.4) is 0 Å². The number of rotatable bonds is 9. The molecule has 146 valence electrons. The fraction of sp³-hybridized carbons (Fsp3) is 0.280. The molecule has 0 saturated heterocycles. The third-order valence-corrected chi connectivity index (χ3v) is 4.84. The van der Waals surface area contributed by atoms with E-state index in [2.05, 4.69) is 60.4 Å². The van der Waals surface area contributed by atoms with Crippen molar-refractivity contribution in [1.82, 2.24) is 4.90 Å². The molecule has 3 aromatic rings. The zero-order valence-electron chi connectivity index (χ0n) is 16.7. The summed E-state index contributed by atoms with van der Waals surface area (Å²) in [7, 11) is 1.68. The molecule has 0 aromatic heterocycles. The molecule has 3 nitrogen and oxygen atoms in total. The van der Waals surface area contributed by atoms with Gasteiger partial charge < -0.3 is 9.84 Å². The highest BCUT2D eigenvalue weighted by Gasteiger charge is 2.14. The summed E-state index contributed by atoms with van der Waals surface area (Å²) < 4.78 is 5.26. The van der Waals surface area contributed by atoms with Crippen LogP contribution in [0.1, 0.15) is 22.3 Å². The summed E-state index contributed by atoms with van der Waals surface area (Å²) in [6.07, 6.45) is 0.249. The van der Waals surface area contributed by atoms with Gasteiger partial charge in [0.1, 0.15) is 5.75 Å². The van der Waals surface area contributed by atoms with E-state index in [1.165, 1.54) is 16.7 Å². The monoisotopic (exact) mass is 375 g/mol. The van der Waals surface area contributed by atoms with Crippen molar-refractivity contribution in [3.05, 3.63) is 101 Å². The lowest BCUT2D eigenvalue weighted by molar-refractivity contribution is 0.104. The van der Waals surface area contributed by atoms with Gasteiger partial charge in [-0.05, 0) is 42.2 Å². The highest BCUT2D eigenvalue weighted by Crippen LogP contribution is 2.16. The first-order chi connectivity index (χ1) is 13.6. The average Bonchev–Trinajstić information content (AvgIpc) is 2.69. The van der Waals surface area contributed by atoms with E-state index in [0.717, 1.165) is 24.4 Å². The first-order valence-electron chi connectivity index (χ1n) is 9.75. The molecular formula is C25H29NO2. The Balaban J connectivity index is 1.70. The Morgan fingerprint density at radius 1 is 0.821 bits per heavy atom. The third kappa shape index (κ3) is 6.22. The first-order valence-corrected chi connectivity index (χ1v) is 9.75. The van der Waals surface area contributed by atoms with Crippen molar-refractivity contribution in [1.29, 1.82) is 0 Å². The van der Waals surface area contributed by atoms with Crippen molar-refractivity contribution in [3.8, 4) is 5.75 Å². The molecular weight excluding hydrogens is 346 g/mol. The lowest BCUT2D eigenvalue weighted by atomic mass is 10.1. The Kier molecular flexibility index (Phi) is 7.24. The second kappa shape index (κ2) is 10.1. The predicted molar refractivity (Wildman–Crippen MR) is 114 cm³/mol. The minimum atomic E-state index is -0.412. The van der Waals surface area contributed by atoms with E-state index in [1.807, 2.05) is 30.3 Å². The predicted octanol–water partition coefficient (Wildman–Crippen LogP) is 4.61. The molecule has 0 unspecified atom stereocenters. The van der Waals surface area contributed by atoms with Crippen LogP contribution in [0.2, 0.25) is 0 Å². The quantitative estimate of drug-likeness (QED) is 0.593. The molecule has 3 heteroatoms. The molecule has 0 spiro atoms. The summed E-state index contributed by atoms with van der Waals surface area (Å²) in [5.41, 5.74) is 4.89. The normalized spacial score (nSPS) is 12.1. The number of hydrogen-bond acceptors (Lipinski definition) is 3. The van der Waals surface area contributed by atoms with Crippen molar-refractivity contribution in [3.63, 3.8) is 0 Å². The van der Waals surface area contributed by atoms with Crippen molar-refractivity contribution in [2.75, 3.05) is 13.7 Å². The van der Waals surface area contributed by atoms with Crippen LogP contribution >= 0.6 is 0 Å². The van der Waals surface area contributed by atoms with E-state index in [0.29, 0.717) is 13.0 Å². The van der Waals surface area contributed by atoms with Crippen LogP contribution < -0.4 is 4.74 Å². The number of hydrogen-bond donors (Lipinski definition) is 1. The number of benzene rings is 3. The van der Waals surface area contributed by atoms with Gasteiger partial charge in [0.15, 0.2) is 0 Å². The smallest absolute Gasteiger partial charge is 0.118 e. The standard InChI is InChI=1S/C25H29NO2/c1-20-7-6-10-23(15-20)18-26(17-22-11-13-25(28-2)14-12-22)19-24(27)16-21-8-4-3-5-9-21/h3-15,24,27H,16-19H2,1-2H3/t24-/m0/s1. The molecule has 1 atom stereocenters. The molecule has 0 saturated carbocycles. The van der Waals surface area contributed by atoms with Gasteiger partial charge in [0.05, 0.1) is 13.2 Å². The van der Waals surface area contributed by atoms with Crippen molar-refractivity contribution in [2.24, 2.45) is 0 Å². The Labute approximate surface area is 168 Å². The van der Waals surface area contributed by atoms with Crippen LogP contribution in [0.5, 0.6) is 5.75 Å². The summed E-state index contributed by atoms with van der Waals surface area (Å²) in [5.74, 6) is 0.859. The van der Waals surface area contributed by atoms with Gasteiger partial charge in [0, 0.05) is 19.6 Å². The second-order valence-corrected chi connectivity index (χ2v) is 7.35. The summed E-state index contributed by atoms with van der Waals surface area (Å²) in [5, 5.41) is 10.7. The van der Waals surface area contributed by atoms with Gasteiger partial charge in [-0.3, -0.25) is 4.90 Å². The highest BCUT2D eigenvalue weighted by molar-refractivity contribution is 5.27. The zero-order chi connectivity index (χ0) is 19.8. The molecule has 28 heavy (non-hydrogen) atoms. The van der Waals surface area contributed by atoms with Gasteiger partial charge in [0.2, 0.25) is 0 Å². The Morgan fingerprint density at radius 3 is 2.18 bits per heavy atom. The Morgan fingerprint density at radius 2 is 1.50 bits per heavy atom. The number of nitrogens with zero attached hydrogens (tertiary/aromatic N) is 1. The number of aryl methyl sites for hydroxylation is 1. The van der Waals surface area contributed by atoms with E-state index >= 15 is 0 Å². The maximum Gasteiger partial charge on any atom is 0.118 e. The Hall–Kier alpha value is -2.62. The maximum absolute atomic E-state index is 10.7. The molecule has 0 bridgehead atoms. The lowest BCUT2D eigenvalue weighted by Crippen LogP contribution is -2.33. The number of aliphatic hydroxyl groups is 1. The van der Waals surface area contributed by atoms with E-state index in [4.69, 9.17) is 4.74 Å². The van der Waals surface area contributed by atoms with Crippen molar-refractivity contribution < 1.29 is 9.84 Å². The van der Waals surface area contributed by atoms with Gasteiger partial charge in [0.25, 0.3) is 0 Å². The summed E-state index contributed by atoms with van der Waals surface area (Å²) in [4.78, 5) is 2.31. The largest absolute Gasteiger partial charge is 0.497 e. The Bertz CT molecular complexity index is 846. The highest BCUT2D eigenvalue weighted by atomic mass is 16.5. The zero-order valence-corrected chi connectivity index (χ0v) is 16.7. The number of ether oxygens (including phenoxy) is 1. The van der Waals surface area contributed by atoms with Crippen molar-refractivity contribution >= 4 is 0 Å². The minimum Gasteiger partial charge on any atom is -0.497 e. The van der Waals surface area contributed by atoms with Crippen molar-refractivity contribution in [2.45, 2.75) is 32.5 Å². The molecule has 0 fully saturated rings. The van der Waals surface area contributed by atoms with E-state index < -0.39 is 6.10 Å². The number of methoxy groups -OCH3 is 1. The second-order valence-electron chi connectivity index (χ2n) is 7.35. The van der Waals surface area contributed by atoms with E-state index in [9.17, 15) is 5.11 Å². The average molecular weight is 376 g/mol. The van der Waals surface area contributed by atoms with Crippen LogP contribution in [0.15, 0.2) is 78.9 Å². The first kappa shape index (κ1) is 20.1. The topological polar surface area (TPSA) is 32.7 Å². The molecule has 0 aliphatic heterocycles. The van der Waals surface area contributed by atoms with Gasteiger partial charge in [-0.15, -0.1) is 0 Å². The van der Waals surface area contributed by atoms with Crippen LogP contribution in [0.25, 0.3) is 0 Å². The minimum absolute atomic E-state index is 0.412. The maximum atomic E-state index is 10.7. The molecule has 0 aliphatic rings. The van der Waals surface area contributed by atoms with Gasteiger partial charge in [-0.25, -0.2) is 0 Å². The summed E-state index contributed by atoms with van der Waals surface area (Å²) in [6, 6.07) is 26.9. The number of aliphatic hydroxyl groups excluding tert-OH is 1. The molecule has 0 aliphatic carbocycles. The van der Waals surface area contributed by atoms with Crippen LogP contribution in [-0.4, -0.2) is 29.8 Å². The van der Waals surface area contributed by atoms with Crippen LogP contribution in [-0.2, 0) is 19.5 Å². The molecule has 0 heterocycles. The summed E-state index contributed by atoms with van der Waals surface area (Å²) >= 11 is 0. The van der Waals surface area contributed by atoms with Gasteiger partial charge in [-0.1, -0.05) is 72.3 Å². The SMILES string of the molecule is COc1ccc(CN(Cc2cccc(C)c2)C[C@@H](O)Cc2ccccc2)cc1. The molecule has 1 N–H and O–H groups in total. The molecule has 3 aromatic carbocycles. The van der Waals surface area contributed by atoms with Crippen LogP contribution in [0.4, 0.5) is 0 Å². The fourth-order valence-corrected chi connectivity index (χ4v) is 3.49. The molecule has 0 radical (unpaired) electrons. The molecule has 0 amide bonds. The van der Waals surface area contributed by atoms with Crippen LogP contribution in [0, 0.1) is 6.92 Å².